The van der Waals surface area contributed by atoms with E-state index in [4.69, 9.17) is 27.9 Å². The molecule has 10 nitrogen and oxygen atoms in total. The second kappa shape index (κ2) is 10.1. The smallest absolute Gasteiger partial charge is 0.349 e. The third-order valence-electron chi connectivity index (χ3n) is 5.02. The number of aromatic nitrogens is 3. The molecule has 0 atom stereocenters. The van der Waals surface area contributed by atoms with Crippen molar-refractivity contribution in [3.63, 3.8) is 0 Å². The second-order valence-electron chi connectivity index (χ2n) is 7.75. The number of nitrogens with one attached hydrogen (secondary N) is 3. The fourth-order valence-electron chi connectivity index (χ4n) is 3.40. The van der Waals surface area contributed by atoms with Gasteiger partial charge in [0, 0.05) is 11.8 Å². The number of phenolic OH excluding ortho intramolecular Hbond substituents is 1. The van der Waals surface area contributed by atoms with Crippen molar-refractivity contribution in [3.05, 3.63) is 96.7 Å². The number of anilines is 2. The van der Waals surface area contributed by atoms with E-state index >= 15 is 0 Å². The van der Waals surface area contributed by atoms with E-state index < -0.39 is 17.3 Å². The molecule has 2 amide bonds. The number of ether oxygens (including phenoxy) is 1. The number of urea groups is 1. The molecule has 0 bridgehead atoms. The van der Waals surface area contributed by atoms with Gasteiger partial charge in [-0.2, -0.15) is 9.78 Å². The molecule has 0 saturated carbocycles. The molecule has 0 aliphatic rings. The number of amides is 2. The van der Waals surface area contributed by atoms with E-state index in [-0.39, 0.29) is 16.5 Å². The number of rotatable bonds is 5. The summed E-state index contributed by atoms with van der Waals surface area (Å²) in [6, 6.07) is 11.8. The summed E-state index contributed by atoms with van der Waals surface area (Å²) in [6.07, 6.45) is 1.01. The Kier molecular flexibility index (Phi) is 7.00. The fourth-order valence-corrected chi connectivity index (χ4v) is 3.70. The van der Waals surface area contributed by atoms with Crippen molar-refractivity contribution in [2.75, 3.05) is 10.6 Å². The zero-order valence-corrected chi connectivity index (χ0v) is 20.4. The lowest BCUT2D eigenvalue weighted by Crippen LogP contribution is -2.30. The molecule has 0 radical (unpaired) electrons. The van der Waals surface area contributed by atoms with Gasteiger partial charge < -0.3 is 20.5 Å². The SMILES string of the molecule is Cc1cc(-n2ncc(=O)[nH]c2=O)cc(C)c1Oc1ccc(O)c(NC(=O)Nc2ccc(Cl)c(Cl)c2)c1. The number of H-pyrrole nitrogens is 1. The maximum atomic E-state index is 12.4. The Morgan fingerprint density at radius 2 is 1.72 bits per heavy atom. The van der Waals surface area contributed by atoms with E-state index in [1.807, 2.05) is 0 Å². The largest absolute Gasteiger partial charge is 0.506 e. The van der Waals surface area contributed by atoms with E-state index in [9.17, 15) is 19.5 Å². The third kappa shape index (κ3) is 5.51. The van der Waals surface area contributed by atoms with E-state index in [1.165, 1.54) is 24.3 Å². The van der Waals surface area contributed by atoms with Crippen molar-refractivity contribution in [2.45, 2.75) is 13.8 Å². The molecule has 4 aromatic rings. The highest BCUT2D eigenvalue weighted by Crippen LogP contribution is 2.34. The maximum absolute atomic E-state index is 12.4. The highest BCUT2D eigenvalue weighted by Gasteiger charge is 2.14. The monoisotopic (exact) mass is 527 g/mol. The summed E-state index contributed by atoms with van der Waals surface area (Å²) in [6.45, 7) is 3.57. The predicted molar refractivity (Wildman–Crippen MR) is 137 cm³/mol. The number of carbonyl (C=O) groups is 1. The van der Waals surface area contributed by atoms with E-state index in [0.717, 1.165) is 10.9 Å². The van der Waals surface area contributed by atoms with Gasteiger partial charge in [-0.1, -0.05) is 23.2 Å². The molecule has 3 aromatic carbocycles. The molecule has 1 heterocycles. The van der Waals surface area contributed by atoms with Crippen LogP contribution in [0.3, 0.4) is 0 Å². The number of benzene rings is 3. The highest BCUT2D eigenvalue weighted by molar-refractivity contribution is 6.42. The number of aromatic hydroxyl groups is 1. The van der Waals surface area contributed by atoms with Crippen LogP contribution in [-0.4, -0.2) is 25.9 Å². The van der Waals surface area contributed by atoms with E-state index in [0.29, 0.717) is 39.0 Å². The Bertz CT molecular complexity index is 1580. The first-order valence-electron chi connectivity index (χ1n) is 10.4. The van der Waals surface area contributed by atoms with Gasteiger partial charge in [0.05, 0.1) is 21.4 Å². The molecule has 4 rings (SSSR count). The van der Waals surface area contributed by atoms with Crippen molar-refractivity contribution in [1.29, 1.82) is 0 Å². The van der Waals surface area contributed by atoms with E-state index in [2.05, 4.69) is 20.7 Å². The summed E-state index contributed by atoms with van der Waals surface area (Å²) in [5.74, 6) is 0.683. The normalized spacial score (nSPS) is 10.7. The van der Waals surface area contributed by atoms with Gasteiger partial charge in [-0.15, -0.1) is 0 Å². The van der Waals surface area contributed by atoms with Crippen molar-refractivity contribution >= 4 is 40.6 Å². The van der Waals surface area contributed by atoms with Gasteiger partial charge >= 0.3 is 11.7 Å². The quantitative estimate of drug-likeness (QED) is 0.270. The average molecular weight is 528 g/mol. The van der Waals surface area contributed by atoms with Crippen LogP contribution in [0.25, 0.3) is 5.69 Å². The topological polar surface area (TPSA) is 138 Å². The molecule has 36 heavy (non-hydrogen) atoms. The fraction of sp³-hybridized carbons (Fsp3) is 0.0833. The van der Waals surface area contributed by atoms with Crippen LogP contribution >= 0.6 is 23.2 Å². The van der Waals surface area contributed by atoms with E-state index in [1.54, 1.807) is 38.1 Å². The molecule has 0 aliphatic heterocycles. The number of aromatic amines is 1. The Hall–Kier alpha value is -4.28. The summed E-state index contributed by atoms with van der Waals surface area (Å²) in [5, 5.41) is 19.9. The first-order valence-corrected chi connectivity index (χ1v) is 11.2. The molecule has 184 valence electrons. The summed E-state index contributed by atoms with van der Waals surface area (Å²) in [4.78, 5) is 38.0. The van der Waals surface area contributed by atoms with Crippen LogP contribution < -0.4 is 26.6 Å². The minimum absolute atomic E-state index is 0.112. The van der Waals surface area contributed by atoms with Gasteiger partial charge in [0.1, 0.15) is 23.4 Å². The Labute approximate surface area is 214 Å². The lowest BCUT2D eigenvalue weighted by molar-refractivity contribution is 0.262. The van der Waals surface area contributed by atoms with Crippen LogP contribution in [0.5, 0.6) is 17.2 Å². The second-order valence-corrected chi connectivity index (χ2v) is 8.56. The number of carbonyl (C=O) groups excluding carboxylic acids is 1. The number of hydrogen-bond donors (Lipinski definition) is 4. The molecule has 0 fully saturated rings. The zero-order valence-electron chi connectivity index (χ0n) is 18.9. The minimum atomic E-state index is -0.664. The van der Waals surface area contributed by atoms with Gasteiger partial charge in [-0.05, 0) is 67.4 Å². The lowest BCUT2D eigenvalue weighted by atomic mass is 10.1. The predicted octanol–water partition coefficient (Wildman–Crippen LogP) is 4.99. The van der Waals surface area contributed by atoms with Crippen LogP contribution in [0.1, 0.15) is 11.1 Å². The number of nitrogens with zero attached hydrogens (tertiary/aromatic N) is 2. The number of halogens is 2. The van der Waals surface area contributed by atoms with Crippen LogP contribution in [0.4, 0.5) is 16.2 Å². The molecule has 12 heteroatoms. The molecule has 4 N–H and O–H groups in total. The molecular weight excluding hydrogens is 509 g/mol. The van der Waals surface area contributed by atoms with Gasteiger partial charge in [-0.3, -0.25) is 9.78 Å². The number of hydrogen-bond acceptors (Lipinski definition) is 6. The van der Waals surface area contributed by atoms with Gasteiger partial charge in [-0.25, -0.2) is 9.59 Å². The van der Waals surface area contributed by atoms with Crippen LogP contribution in [0, 0.1) is 13.8 Å². The standard InChI is InChI=1S/C24H19Cl2N5O5/c1-12-7-15(31-24(35)30-21(33)11-27-31)8-13(2)22(12)36-16-4-6-20(32)19(10-16)29-23(34)28-14-3-5-17(25)18(26)9-14/h3-11,32H,1-2H3,(H2,28,29,34)(H,30,33,35). The van der Waals surface area contributed by atoms with Crippen LogP contribution in [0.15, 0.2) is 64.3 Å². The van der Waals surface area contributed by atoms with Crippen LogP contribution in [0.2, 0.25) is 10.0 Å². The van der Waals surface area contributed by atoms with Crippen molar-refractivity contribution in [3.8, 4) is 22.9 Å². The molecule has 1 aromatic heterocycles. The average Bonchev–Trinajstić information content (AvgIpc) is 2.80. The lowest BCUT2D eigenvalue weighted by Gasteiger charge is -2.15. The first kappa shape index (κ1) is 24.8. The van der Waals surface area contributed by atoms with Gasteiger partial charge in [0.15, 0.2) is 0 Å². The van der Waals surface area contributed by atoms with Crippen molar-refractivity contribution in [1.82, 2.24) is 14.8 Å². The molecule has 0 spiro atoms. The van der Waals surface area contributed by atoms with Crippen molar-refractivity contribution < 1.29 is 14.6 Å². The summed E-state index contributed by atoms with van der Waals surface area (Å²) < 4.78 is 7.09. The number of phenols is 1. The highest BCUT2D eigenvalue weighted by atomic mass is 35.5. The molecule has 0 aliphatic carbocycles. The first-order chi connectivity index (χ1) is 17.1. The minimum Gasteiger partial charge on any atom is -0.506 e. The third-order valence-corrected chi connectivity index (χ3v) is 5.76. The summed E-state index contributed by atoms with van der Waals surface area (Å²) >= 11 is 11.9. The van der Waals surface area contributed by atoms with Crippen molar-refractivity contribution in [2.24, 2.45) is 0 Å². The molecule has 0 saturated heterocycles. The molecule has 0 unspecified atom stereocenters. The van der Waals surface area contributed by atoms with Gasteiger partial charge in [0.25, 0.3) is 5.56 Å². The number of aryl methyl sites for hydroxylation is 2. The van der Waals surface area contributed by atoms with Gasteiger partial charge in [0.2, 0.25) is 0 Å². The Morgan fingerprint density at radius 3 is 2.39 bits per heavy atom. The molecular formula is C24H19Cl2N5O5. The Morgan fingerprint density at radius 1 is 1.00 bits per heavy atom. The summed E-state index contributed by atoms with van der Waals surface area (Å²) in [5.41, 5.74) is 1.09. The van der Waals surface area contributed by atoms with Crippen LogP contribution in [-0.2, 0) is 0 Å². The zero-order chi connectivity index (χ0) is 26.0. The summed E-state index contributed by atoms with van der Waals surface area (Å²) in [7, 11) is 0. The maximum Gasteiger partial charge on any atom is 0.349 e. The Balaban J connectivity index is 1.54.